The van der Waals surface area contributed by atoms with Crippen molar-refractivity contribution in [3.8, 4) is 23.0 Å². The summed E-state index contributed by atoms with van der Waals surface area (Å²) in [5.74, 6) is 1.96. The van der Waals surface area contributed by atoms with Crippen LogP contribution in [-0.4, -0.2) is 37.0 Å². The summed E-state index contributed by atoms with van der Waals surface area (Å²) in [6, 6.07) is 106. The summed E-state index contributed by atoms with van der Waals surface area (Å²) in [6.07, 6.45) is 0. The lowest BCUT2D eigenvalue weighted by Crippen LogP contribution is -2.12. The molecule has 12 rings (SSSR count). The second kappa shape index (κ2) is 33.7. The topological polar surface area (TPSA) is 85.2 Å². The number of rotatable bonds is 17. The van der Waals surface area contributed by atoms with E-state index in [4.69, 9.17) is 19.3 Å². The molecule has 0 aliphatic rings. The maximum absolute atomic E-state index is 10.8. The second-order valence-corrected chi connectivity index (χ2v) is 29.6. The number of methoxy groups -OCH3 is 2. The number of phenolic OH excluding ortho intramolecular Hbond substituents is 1. The van der Waals surface area contributed by atoms with Crippen molar-refractivity contribution in [3.63, 3.8) is 0 Å². The van der Waals surface area contributed by atoms with Gasteiger partial charge >= 0.3 is 5.97 Å². The molecule has 0 saturated carbocycles. The van der Waals surface area contributed by atoms with E-state index in [0.717, 1.165) is 33.8 Å². The van der Waals surface area contributed by atoms with Gasteiger partial charge in [0.05, 0.1) is 57.8 Å². The summed E-state index contributed by atoms with van der Waals surface area (Å²) in [6.45, 7) is 11.8. The number of phenols is 1. The lowest BCUT2D eigenvalue weighted by molar-refractivity contribution is -0.139. The molecule has 462 valence electrons. The van der Waals surface area contributed by atoms with Crippen molar-refractivity contribution >= 4 is 49.5 Å². The van der Waals surface area contributed by atoms with E-state index in [0.29, 0.717) is 11.5 Å². The molecular weight excluding hydrogens is 1210 g/mol. The SMILES string of the molecule is COc1c(C)cc([S+](c2ccccc2)c2ccccc2)cc1C.COc1ccc([S+](c2ccccc2)c2ccccc2)cc1.Cc1cc([S+](c2ccccc2)c2ccccc2)cc(C)c1O.Cc1cc([S+](c2ccccc2)c2ccccc2)cc(C)c1OCC(=O)O. The fraction of sp³-hybridized carbons (Fsp3) is 0.110. The zero-order valence-corrected chi connectivity index (χ0v) is 56.5. The molecule has 0 bridgehead atoms. The highest BCUT2D eigenvalue weighted by atomic mass is 32.2. The van der Waals surface area contributed by atoms with Crippen LogP contribution in [0.3, 0.4) is 0 Å². The van der Waals surface area contributed by atoms with Gasteiger partial charge in [-0.3, -0.25) is 0 Å². The lowest BCUT2D eigenvalue weighted by atomic mass is 10.1. The van der Waals surface area contributed by atoms with Gasteiger partial charge in [-0.15, -0.1) is 0 Å². The van der Waals surface area contributed by atoms with Crippen LogP contribution in [0, 0.1) is 41.5 Å². The molecule has 12 aromatic carbocycles. The average Bonchev–Trinajstić information content (AvgIpc) is 0.889. The van der Waals surface area contributed by atoms with Crippen molar-refractivity contribution in [3.05, 3.63) is 337 Å². The first-order chi connectivity index (χ1) is 44.8. The fourth-order valence-electron chi connectivity index (χ4n) is 10.6. The summed E-state index contributed by atoms with van der Waals surface area (Å²) in [5, 5.41) is 18.9. The Balaban J connectivity index is 0.000000145. The Morgan fingerprint density at radius 1 is 0.293 bits per heavy atom. The molecule has 92 heavy (non-hydrogen) atoms. The quantitative estimate of drug-likeness (QED) is 0.0884. The van der Waals surface area contributed by atoms with Crippen molar-refractivity contribution in [1.29, 1.82) is 0 Å². The van der Waals surface area contributed by atoms with E-state index in [1.807, 2.05) is 64.1 Å². The second-order valence-electron chi connectivity index (χ2n) is 21.5. The Labute approximate surface area is 555 Å². The maximum Gasteiger partial charge on any atom is 0.341 e. The van der Waals surface area contributed by atoms with Gasteiger partial charge in [0.25, 0.3) is 0 Å². The number of aromatic hydroxyl groups is 1. The number of benzene rings is 12. The summed E-state index contributed by atoms with van der Waals surface area (Å²) in [7, 11) is 2.87. The van der Waals surface area contributed by atoms with E-state index in [1.165, 1.54) is 69.9 Å². The van der Waals surface area contributed by atoms with Crippen LogP contribution in [0.15, 0.2) is 362 Å². The maximum atomic E-state index is 10.8. The van der Waals surface area contributed by atoms with Crippen molar-refractivity contribution in [1.82, 2.24) is 0 Å². The van der Waals surface area contributed by atoms with Gasteiger partial charge in [0.15, 0.2) is 65.4 Å². The number of aryl methyl sites for hydroxylation is 6. The standard InChI is InChI=1S/C22H20O3S.C21H21OS.C20H18OS.C19H17OS/c1-16-13-20(14-17(2)22(16)25-15-21(23)24)26(18-9-5-3-6-10-18)19-11-7-4-8-12-19;1-16-14-20(15-17(2)21(16)22-3)23(18-10-6-4-7-11-18)19-12-8-5-9-13-19;1-15-13-19(14-16(2)20(15)21)22(17-9-5-3-6-10-17)18-11-7-4-8-12-18;1-20-16-12-14-19(15-13-16)21(17-8-4-2-5-9-17)18-10-6-3-7-11-18/h3-14H,15H2,1-2H3;4-15H,1-3H3;3-14H,1-2H3;2-15H,1H3/q;+1;;+1/p+2. The largest absolute Gasteiger partial charge is 0.507 e. The zero-order valence-electron chi connectivity index (χ0n) is 53.2. The molecule has 0 unspecified atom stereocenters. The Morgan fingerprint density at radius 3 is 0.739 bits per heavy atom. The molecule has 0 aliphatic heterocycles. The highest BCUT2D eigenvalue weighted by molar-refractivity contribution is 7.98. The summed E-state index contributed by atoms with van der Waals surface area (Å²) < 4.78 is 16.3. The molecule has 0 atom stereocenters. The third kappa shape index (κ3) is 17.8. The van der Waals surface area contributed by atoms with Gasteiger partial charge in [-0.05, 0) is 196 Å². The predicted molar refractivity (Wildman–Crippen MR) is 382 cm³/mol. The van der Waals surface area contributed by atoms with Crippen molar-refractivity contribution in [2.24, 2.45) is 0 Å². The molecule has 0 spiro atoms. The molecule has 0 aromatic heterocycles. The number of hydrogen-bond donors (Lipinski definition) is 2. The van der Waals surface area contributed by atoms with Crippen LogP contribution in [-0.2, 0) is 48.4 Å². The molecule has 10 heteroatoms. The van der Waals surface area contributed by atoms with E-state index in [2.05, 4.69) is 281 Å². The molecule has 0 saturated heterocycles. The monoisotopic (exact) mass is 1290 g/mol. The predicted octanol–water partition coefficient (Wildman–Crippen LogP) is 20.2. The van der Waals surface area contributed by atoms with Crippen molar-refractivity contribution in [2.45, 2.75) is 100 Å². The van der Waals surface area contributed by atoms with Crippen LogP contribution in [0.5, 0.6) is 23.0 Å². The highest BCUT2D eigenvalue weighted by Crippen LogP contribution is 2.39. The average molecular weight is 1290 g/mol. The molecule has 6 nitrogen and oxygen atoms in total. The number of aliphatic carboxylic acids is 1. The van der Waals surface area contributed by atoms with Crippen LogP contribution in [0.25, 0.3) is 0 Å². The number of carbonyl (C=O) groups is 1. The van der Waals surface area contributed by atoms with Gasteiger partial charge in [0.1, 0.15) is 23.0 Å². The van der Waals surface area contributed by atoms with Crippen LogP contribution in [0.4, 0.5) is 0 Å². The van der Waals surface area contributed by atoms with E-state index in [9.17, 15) is 9.90 Å². The minimum absolute atomic E-state index is 0.0804. The van der Waals surface area contributed by atoms with Crippen molar-refractivity contribution in [2.75, 3.05) is 20.8 Å². The summed E-state index contributed by atoms with van der Waals surface area (Å²) >= 11 is 0. The molecular formula is C82H78O6S4+4. The molecule has 2 N–H and O–H groups in total. The molecule has 0 amide bonds. The Morgan fingerprint density at radius 2 is 0.511 bits per heavy atom. The normalized spacial score (nSPS) is 10.7. The van der Waals surface area contributed by atoms with E-state index in [1.54, 1.807) is 14.2 Å². The Kier molecular flexibility index (Phi) is 24.6. The zero-order chi connectivity index (χ0) is 64.8. The van der Waals surface area contributed by atoms with Gasteiger partial charge in [0, 0.05) is 36.4 Å². The third-order valence-corrected chi connectivity index (χ3v) is 23.5. The highest BCUT2D eigenvalue weighted by Gasteiger charge is 2.33. The van der Waals surface area contributed by atoms with Crippen LogP contribution in [0.2, 0.25) is 0 Å². The number of hydrogen-bond acceptors (Lipinski definition) is 5. The van der Waals surface area contributed by atoms with Gasteiger partial charge < -0.3 is 24.4 Å². The van der Waals surface area contributed by atoms with E-state index >= 15 is 0 Å². The molecule has 0 fully saturated rings. The van der Waals surface area contributed by atoms with Gasteiger partial charge in [-0.25, -0.2) is 4.79 Å². The van der Waals surface area contributed by atoms with Crippen molar-refractivity contribution < 1.29 is 29.2 Å². The molecule has 0 radical (unpaired) electrons. The minimum Gasteiger partial charge on any atom is -0.507 e. The number of carboxylic acid groups (broad SMARTS) is 1. The van der Waals surface area contributed by atoms with Crippen LogP contribution < -0.4 is 14.2 Å². The Hall–Kier alpha value is -9.29. The van der Waals surface area contributed by atoms with Crippen LogP contribution in [0.1, 0.15) is 33.4 Å². The molecule has 0 heterocycles. The van der Waals surface area contributed by atoms with E-state index < -0.39 is 5.97 Å². The number of ether oxygens (including phenoxy) is 3. The smallest absolute Gasteiger partial charge is 0.341 e. The minimum atomic E-state index is -0.971. The van der Waals surface area contributed by atoms with Crippen LogP contribution >= 0.6 is 0 Å². The summed E-state index contributed by atoms with van der Waals surface area (Å²) in [5.41, 5.74) is 6.13. The first-order valence-corrected chi connectivity index (χ1v) is 35.1. The first-order valence-electron chi connectivity index (χ1n) is 30.2. The fourth-order valence-corrected chi connectivity index (χ4v) is 19.4. The lowest BCUT2D eigenvalue weighted by Gasteiger charge is -2.14. The van der Waals surface area contributed by atoms with Gasteiger partial charge in [0.2, 0.25) is 0 Å². The van der Waals surface area contributed by atoms with Gasteiger partial charge in [-0.1, -0.05) is 146 Å². The number of carboxylic acids is 1. The molecule has 0 aliphatic carbocycles. The summed E-state index contributed by atoms with van der Waals surface area (Å²) in [4.78, 5) is 26.3. The Bertz CT molecular complexity index is 4000. The van der Waals surface area contributed by atoms with E-state index in [-0.39, 0.29) is 50.2 Å². The first kappa shape index (κ1) is 67.1. The van der Waals surface area contributed by atoms with Gasteiger partial charge in [-0.2, -0.15) is 0 Å². The third-order valence-electron chi connectivity index (χ3n) is 14.7. The molecule has 12 aromatic rings.